The van der Waals surface area contributed by atoms with Gasteiger partial charge in [0.1, 0.15) is 0 Å². The molecule has 212 valence electrons. The van der Waals surface area contributed by atoms with E-state index in [4.69, 9.17) is 0 Å². The molecular weight excluding hydrogens is 528 g/mol. The average Bonchev–Trinajstić information content (AvgIpc) is 3.03. The van der Waals surface area contributed by atoms with Gasteiger partial charge >= 0.3 is 0 Å². The Morgan fingerprint density at radius 3 is 0.955 bits per heavy atom. The molecule has 0 nitrogen and oxygen atoms in total. The van der Waals surface area contributed by atoms with Gasteiger partial charge in [-0.15, -0.1) is 0 Å². The van der Waals surface area contributed by atoms with Crippen LogP contribution in [0.2, 0.25) is 0 Å². The molecule has 0 atom stereocenters. The van der Waals surface area contributed by atoms with Crippen LogP contribution in [0.3, 0.4) is 0 Å². The summed E-state index contributed by atoms with van der Waals surface area (Å²) in [5, 5.41) is 19.1. The molecule has 0 aliphatic rings. The van der Waals surface area contributed by atoms with Crippen LogP contribution in [0.25, 0.3) is 91.0 Å². The molecule has 0 radical (unpaired) electrons. The fraction of sp³-hybridized carbons (Fsp3) is 0.0909. The maximum atomic E-state index is 4.44. The minimum Gasteiger partial charge on any atom is -0.0905 e. The second kappa shape index (κ2) is 10.2. The summed E-state index contributed by atoms with van der Waals surface area (Å²) < 4.78 is 0. The largest absolute Gasteiger partial charge is 0.0905 e. The first-order chi connectivity index (χ1) is 21.1. The maximum absolute atomic E-state index is 4.44. The van der Waals surface area contributed by atoms with Crippen molar-refractivity contribution < 1.29 is 0 Å². The predicted molar refractivity (Wildman–Crippen MR) is 197 cm³/mol. The van der Waals surface area contributed by atoms with Crippen molar-refractivity contribution in [3.63, 3.8) is 0 Å². The number of benzene rings is 8. The van der Waals surface area contributed by atoms with Crippen molar-refractivity contribution in [1.29, 1.82) is 0 Å². The van der Waals surface area contributed by atoms with Crippen LogP contribution in [-0.2, 0) is 0 Å². The molecule has 0 heterocycles. The van der Waals surface area contributed by atoms with E-state index < -0.39 is 0 Å². The third-order valence-electron chi connectivity index (χ3n) is 9.64. The quantitative estimate of drug-likeness (QED) is 0.161. The van der Waals surface area contributed by atoms with E-state index in [9.17, 15) is 0 Å². The zero-order valence-electron chi connectivity index (χ0n) is 26.1. The molecule has 0 aliphatic heterocycles. The summed E-state index contributed by atoms with van der Waals surface area (Å²) in [6, 6.07) is 34.9. The standard InChI is InChI=1S/C26H20.C18H16/c1-15-9-21-13-25-17(3)23-11-19-7-5-6-8-20(19)12-24(23)18(4)26(25)14-22(21)10-16(15)2;1-11-9-17-13(3)15-7-5-6-8-16(15)14(4)18(17)10-12(11)2/h5-14H,3-4H2,1-2H3;5-10H,3-4H2,1-2H3. The summed E-state index contributed by atoms with van der Waals surface area (Å²) in [4.78, 5) is 0. The van der Waals surface area contributed by atoms with Crippen molar-refractivity contribution in [2.45, 2.75) is 27.7 Å². The molecule has 0 amide bonds. The van der Waals surface area contributed by atoms with E-state index in [0.29, 0.717) is 0 Å². The Balaban J connectivity index is 0.000000152. The van der Waals surface area contributed by atoms with Gasteiger partial charge in [-0.1, -0.05) is 99.1 Å². The van der Waals surface area contributed by atoms with Crippen LogP contribution in [0.4, 0.5) is 0 Å². The summed E-state index contributed by atoms with van der Waals surface area (Å²) in [6.07, 6.45) is 0. The highest BCUT2D eigenvalue weighted by Crippen LogP contribution is 2.26. The lowest BCUT2D eigenvalue weighted by Gasteiger charge is -2.11. The third kappa shape index (κ3) is 4.29. The Labute approximate surface area is 258 Å². The Bertz CT molecular complexity index is 2520. The van der Waals surface area contributed by atoms with Gasteiger partial charge in [0.25, 0.3) is 0 Å². The van der Waals surface area contributed by atoms with Crippen LogP contribution >= 0.6 is 0 Å². The van der Waals surface area contributed by atoms with E-state index in [1.807, 2.05) is 0 Å². The second-order valence-electron chi connectivity index (χ2n) is 12.4. The van der Waals surface area contributed by atoms with Crippen LogP contribution in [0, 0.1) is 27.7 Å². The lowest BCUT2D eigenvalue weighted by molar-refractivity contribution is 1.36. The van der Waals surface area contributed by atoms with Gasteiger partial charge in [0, 0.05) is 0 Å². The maximum Gasteiger partial charge on any atom is -0.00987 e. The van der Waals surface area contributed by atoms with Gasteiger partial charge in [0.05, 0.1) is 0 Å². The van der Waals surface area contributed by atoms with E-state index in [-0.39, 0.29) is 0 Å². The minimum atomic E-state index is 1.09. The van der Waals surface area contributed by atoms with Crippen LogP contribution in [0.15, 0.2) is 97.1 Å². The van der Waals surface area contributed by atoms with Gasteiger partial charge < -0.3 is 0 Å². The number of hydrogen-bond acceptors (Lipinski definition) is 0. The molecule has 0 spiro atoms. The molecule has 0 fully saturated rings. The summed E-state index contributed by atoms with van der Waals surface area (Å²) in [7, 11) is 0. The summed E-state index contributed by atoms with van der Waals surface area (Å²) in [5.74, 6) is 0. The summed E-state index contributed by atoms with van der Waals surface area (Å²) >= 11 is 0. The molecule has 0 saturated heterocycles. The molecule has 0 heteroatoms. The Kier molecular flexibility index (Phi) is 6.41. The lowest BCUT2D eigenvalue weighted by Crippen LogP contribution is -2.12. The molecule has 0 aromatic heterocycles. The number of aryl methyl sites for hydroxylation is 4. The van der Waals surface area contributed by atoms with Crippen molar-refractivity contribution in [3.05, 3.63) is 140 Å². The first-order valence-corrected chi connectivity index (χ1v) is 15.2. The van der Waals surface area contributed by atoms with Crippen molar-refractivity contribution in [1.82, 2.24) is 0 Å². The molecule has 8 rings (SSSR count). The third-order valence-corrected chi connectivity index (χ3v) is 9.64. The first-order valence-electron chi connectivity index (χ1n) is 15.2. The topological polar surface area (TPSA) is 0 Å². The van der Waals surface area contributed by atoms with E-state index in [2.05, 4.69) is 151 Å². The molecule has 44 heavy (non-hydrogen) atoms. The van der Waals surface area contributed by atoms with E-state index in [1.165, 1.54) is 86.9 Å². The zero-order chi connectivity index (χ0) is 30.9. The second-order valence-corrected chi connectivity index (χ2v) is 12.4. The van der Waals surface area contributed by atoms with E-state index in [1.54, 1.807) is 0 Å². The Morgan fingerprint density at radius 2 is 0.568 bits per heavy atom. The zero-order valence-corrected chi connectivity index (χ0v) is 26.1. The van der Waals surface area contributed by atoms with Gasteiger partial charge in [-0.2, -0.15) is 0 Å². The molecule has 0 bridgehead atoms. The average molecular weight is 565 g/mol. The Morgan fingerprint density at radius 1 is 0.295 bits per heavy atom. The SMILES string of the molecule is C=c1c2cc3ccccc3cc2c(=C)c2cc3cc(C)c(C)cc3cc12.C=c1c2ccccc2c(=C)c2cc(C)c(C)cc12. The first kappa shape index (κ1) is 27.6. The monoisotopic (exact) mass is 564 g/mol. The molecular formula is C44H36. The van der Waals surface area contributed by atoms with Crippen molar-refractivity contribution >= 4 is 91.0 Å². The highest BCUT2D eigenvalue weighted by Gasteiger charge is 2.09. The highest BCUT2D eigenvalue weighted by atomic mass is 14.1. The molecule has 8 aromatic carbocycles. The van der Waals surface area contributed by atoms with E-state index in [0.717, 1.165) is 20.9 Å². The minimum absolute atomic E-state index is 1.09. The molecule has 8 aromatic rings. The van der Waals surface area contributed by atoms with Crippen LogP contribution in [-0.4, -0.2) is 0 Å². The van der Waals surface area contributed by atoms with Crippen LogP contribution < -0.4 is 20.9 Å². The van der Waals surface area contributed by atoms with Gasteiger partial charge in [0.15, 0.2) is 0 Å². The lowest BCUT2D eigenvalue weighted by atomic mass is 9.93. The van der Waals surface area contributed by atoms with Crippen molar-refractivity contribution in [3.8, 4) is 0 Å². The van der Waals surface area contributed by atoms with E-state index >= 15 is 0 Å². The van der Waals surface area contributed by atoms with Crippen LogP contribution in [0.5, 0.6) is 0 Å². The molecule has 0 aliphatic carbocycles. The van der Waals surface area contributed by atoms with Crippen LogP contribution in [0.1, 0.15) is 22.3 Å². The molecule has 0 unspecified atom stereocenters. The number of fused-ring (bicyclic) bond motifs is 6. The highest BCUT2D eigenvalue weighted by molar-refractivity contribution is 6.09. The fourth-order valence-corrected chi connectivity index (χ4v) is 6.72. The normalized spacial score (nSPS) is 11.5. The van der Waals surface area contributed by atoms with Gasteiger partial charge in [-0.05, 0) is 160 Å². The van der Waals surface area contributed by atoms with Gasteiger partial charge in [-0.25, -0.2) is 0 Å². The predicted octanol–water partition coefficient (Wildman–Crippen LogP) is 9.17. The number of rotatable bonds is 0. The smallest absolute Gasteiger partial charge is 0.00987 e. The summed E-state index contributed by atoms with van der Waals surface area (Å²) in [5.41, 5.74) is 5.26. The van der Waals surface area contributed by atoms with Crippen molar-refractivity contribution in [2.75, 3.05) is 0 Å². The molecule has 0 N–H and O–H groups in total. The van der Waals surface area contributed by atoms with Gasteiger partial charge in [0.2, 0.25) is 0 Å². The molecule has 0 saturated carbocycles. The van der Waals surface area contributed by atoms with Crippen molar-refractivity contribution in [2.24, 2.45) is 0 Å². The van der Waals surface area contributed by atoms with Gasteiger partial charge in [-0.3, -0.25) is 0 Å². The fourth-order valence-electron chi connectivity index (χ4n) is 6.72. The Hall–Kier alpha value is -5.20. The summed E-state index contributed by atoms with van der Waals surface area (Å²) in [6.45, 7) is 26.0. The number of hydrogen-bond donors (Lipinski definition) is 0.